The molecule has 43 nitrogen and oxygen atoms in total. The number of hydrogen-bond acceptors (Lipinski definition) is 23. The molecule has 22 N–H and O–H groups in total. The lowest BCUT2D eigenvalue weighted by Crippen LogP contribution is -2.61. The van der Waals surface area contributed by atoms with E-state index in [-0.39, 0.29) is 75.9 Å². The van der Waals surface area contributed by atoms with Crippen LogP contribution in [0.2, 0.25) is 0 Å². The van der Waals surface area contributed by atoms with Gasteiger partial charge in [-0.15, -0.1) is 11.8 Å². The van der Waals surface area contributed by atoms with Crippen LogP contribution in [0.25, 0.3) is 21.8 Å². The van der Waals surface area contributed by atoms with E-state index >= 15 is 33.6 Å². The van der Waals surface area contributed by atoms with E-state index in [1.54, 1.807) is 60.9 Å². The maximum Gasteiger partial charge on any atom is 0.303 e. The molecular weight excluding hydrogens is 1750 g/mol. The molecular formula is C89H122N22O21S. The first-order chi connectivity index (χ1) is 63.4. The minimum Gasteiger partial charge on any atom is -0.508 e. The number of carbonyl (C=O) groups is 18. The quantitative estimate of drug-likeness (QED) is 0.0261. The number of H-pyrrole nitrogens is 3. The number of fused-ring (bicyclic) bond motifs is 4. The highest BCUT2D eigenvalue weighted by Crippen LogP contribution is 2.28. The van der Waals surface area contributed by atoms with Gasteiger partial charge in [0.05, 0.1) is 31.1 Å². The number of aromatic hydroxyl groups is 1. The average molecular weight is 1870 g/mol. The molecule has 133 heavy (non-hydrogen) atoms. The summed E-state index contributed by atoms with van der Waals surface area (Å²) >= 11 is 0.775. The summed E-state index contributed by atoms with van der Waals surface area (Å²) in [6, 6.07) is -2.27. The number of amides is 17. The number of nitrogens with one attached hydrogen (secondary N) is 13. The number of unbranched alkanes of at least 4 members (excludes halogenated alkanes) is 3. The highest BCUT2D eigenvalue weighted by molar-refractivity contribution is 8.00. The number of aromatic amines is 3. The molecule has 0 radical (unpaired) electrons. The second-order valence-electron chi connectivity index (χ2n) is 33.7. The summed E-state index contributed by atoms with van der Waals surface area (Å²) < 4.78 is 0. The Balaban J connectivity index is 1.09. The number of carboxylic acids is 1. The number of benzene rings is 3. The molecule has 0 saturated carbocycles. The van der Waals surface area contributed by atoms with Crippen LogP contribution in [0.1, 0.15) is 140 Å². The number of para-hydroxylation sites is 2. The van der Waals surface area contributed by atoms with Gasteiger partial charge in [0.2, 0.25) is 100 Å². The lowest BCUT2D eigenvalue weighted by Gasteiger charge is -2.36. The molecule has 6 heterocycles. The lowest BCUT2D eigenvalue weighted by atomic mass is 9.99. The first-order valence-electron chi connectivity index (χ1n) is 44.4. The molecule has 0 aliphatic carbocycles. The summed E-state index contributed by atoms with van der Waals surface area (Å²) in [4.78, 5) is 280. The van der Waals surface area contributed by atoms with Gasteiger partial charge in [-0.25, -0.2) is 4.98 Å². The van der Waals surface area contributed by atoms with Crippen molar-refractivity contribution in [2.75, 3.05) is 58.8 Å². The van der Waals surface area contributed by atoms with Gasteiger partial charge in [0.25, 0.3) is 0 Å². The Labute approximate surface area is 771 Å². The molecule has 3 fully saturated rings. The third kappa shape index (κ3) is 28.5. The Morgan fingerprint density at radius 1 is 0.534 bits per heavy atom. The Kier molecular flexibility index (Phi) is 38.1. The van der Waals surface area contributed by atoms with E-state index in [4.69, 9.17) is 17.2 Å². The number of nitrogens with two attached hydrogens (primary N) is 3. The number of thioether (sulfide) groups is 1. The molecule has 15 atom stereocenters. The third-order valence-corrected chi connectivity index (χ3v) is 25.0. The van der Waals surface area contributed by atoms with E-state index in [9.17, 15) is 68.1 Å². The van der Waals surface area contributed by atoms with Crippen LogP contribution in [0.15, 0.2) is 97.7 Å². The third-order valence-electron chi connectivity index (χ3n) is 23.9. The molecule has 3 aliphatic rings. The fourth-order valence-electron chi connectivity index (χ4n) is 16.4. The number of imidazole rings is 1. The van der Waals surface area contributed by atoms with Crippen LogP contribution in [0, 0.1) is 0 Å². The summed E-state index contributed by atoms with van der Waals surface area (Å²) in [7, 11) is 3.95. The van der Waals surface area contributed by atoms with Gasteiger partial charge in [-0.2, -0.15) is 0 Å². The number of phenols is 1. The highest BCUT2D eigenvalue weighted by Gasteiger charge is 2.47. The number of aliphatic hydroxyl groups is 1. The molecule has 0 unspecified atom stereocenters. The zero-order valence-corrected chi connectivity index (χ0v) is 76.2. The van der Waals surface area contributed by atoms with Crippen molar-refractivity contribution >= 4 is 140 Å². The summed E-state index contributed by atoms with van der Waals surface area (Å²) in [6.07, 6.45) is 2.78. The smallest absolute Gasteiger partial charge is 0.303 e. The number of rotatable bonds is 25. The van der Waals surface area contributed by atoms with Gasteiger partial charge in [-0.1, -0.05) is 94.5 Å². The van der Waals surface area contributed by atoms with Crippen molar-refractivity contribution < 1.29 is 102 Å². The molecule has 3 saturated heterocycles. The number of hydrogen-bond donors (Lipinski definition) is 19. The number of nitrogens with zero attached hydrogens (tertiary/aromatic N) is 6. The topological polar surface area (TPSA) is 643 Å². The predicted octanol–water partition coefficient (Wildman–Crippen LogP) is -2.61. The molecule has 3 aliphatic heterocycles. The van der Waals surface area contributed by atoms with Gasteiger partial charge in [0, 0.05) is 125 Å². The van der Waals surface area contributed by atoms with Gasteiger partial charge in [0.15, 0.2) is 0 Å². The Bertz CT molecular complexity index is 5170. The van der Waals surface area contributed by atoms with Crippen LogP contribution < -0.4 is 70.4 Å². The first-order valence-corrected chi connectivity index (χ1v) is 45.6. The first kappa shape index (κ1) is 103. The summed E-state index contributed by atoms with van der Waals surface area (Å²) in [6.45, 7) is 4.63. The normalized spacial score (nSPS) is 24.9. The fourth-order valence-corrected chi connectivity index (χ4v) is 17.2. The SMILES string of the molecule is CCCCC[C@H]1C(=O)N(C)[C@@H](CCCC)C(=O)N[C@@H](C)C(=O)N[C@H](C(=O)NCC(N)=O)CSCC(=O)N[C@@H](Cc2ccc(O)cc2)C(=O)N(C)[C@@H](C)C(=O)N[C@@H](CC(N)=O)C(=O)N2CCC[C@H]2C(=O)N[C@@H](Cc2cnc[nH]2)C(=O)N[C@@H](CCC(=O)O)C(=O)N2C[C@H](O)C[C@H]2C(=O)N[C@@H](Cc2c[nH]c3ccccc23)C(=O)N[C@@H](CCN)C(=O)N[C@@H](Cc2c[nH]c3ccccc23)C(=O)N1C. The van der Waals surface area contributed by atoms with Gasteiger partial charge in [0.1, 0.15) is 90.3 Å². The van der Waals surface area contributed by atoms with E-state index in [1.165, 1.54) is 81.6 Å². The zero-order chi connectivity index (χ0) is 97.0. The minimum atomic E-state index is -1.84. The Hall–Kier alpha value is -13.5. The second kappa shape index (κ2) is 49.1. The number of primary amides is 2. The number of carboxylic acid groups (broad SMARTS) is 1. The monoisotopic (exact) mass is 1870 g/mol. The number of aliphatic carboxylic acids is 1. The molecule has 3 aromatic carbocycles. The van der Waals surface area contributed by atoms with Crippen LogP contribution in [-0.2, 0) is 112 Å². The van der Waals surface area contributed by atoms with E-state index in [1.807, 2.05) is 13.8 Å². The standard InChI is InChI=1S/C89H122N22O21S/c1-8-10-12-23-70-89(132)108(6)68(22-11-9-2)82(125)98-48(3)76(119)106-67(78(121)96-43-73(92)115)45-133-46-74(116)99-64(34-50-25-27-54(112)28-26-50)85(128)107(5)49(4)77(120)104-66(39-72(91)114)88(131)110-33-17-24-69(110)83(126)103-63(37-53-42-93-47-97-53)81(124)101-61(29-30-75(117)118)87(130)111-44-55(113)38-71(111)84(127)102-62(35-51-40-94-58-20-15-13-18-56(51)58)80(123)100-60(31-32-90)79(122)105-65(86(129)109(70)7)36-52-41-95-59-21-16-14-19-57(52)59/h13-16,18-21,25-28,40-42,47-49,55,60-71,94-95,112-113H,8-12,17,22-24,29-39,43-46,90H2,1-7H3,(H2,91,114)(H2,92,115)(H,93,97)(H,96,121)(H,98,125)(H,99,116)(H,100,123)(H,101,124)(H,102,127)(H,103,126)(H,104,120)(H,105,122)(H,106,119)(H,117,118)/t48-,49-,55+,60-,61-,62-,63-,64-,65-,66-,67-,68-,69-,70-,71-/m0/s1. The van der Waals surface area contributed by atoms with E-state index in [2.05, 4.69) is 73.1 Å². The Morgan fingerprint density at radius 3 is 1.70 bits per heavy atom. The minimum absolute atomic E-state index is 0.0265. The van der Waals surface area contributed by atoms with Crippen molar-refractivity contribution in [3.05, 3.63) is 120 Å². The second-order valence-corrected chi connectivity index (χ2v) is 34.7. The molecule has 44 heteroatoms. The predicted molar refractivity (Wildman–Crippen MR) is 485 cm³/mol. The summed E-state index contributed by atoms with van der Waals surface area (Å²) in [5, 5.41) is 59.2. The molecule has 17 amide bonds. The van der Waals surface area contributed by atoms with Gasteiger partial charge in [-0.05, 0) is 99.9 Å². The average Bonchev–Trinajstić information content (AvgIpc) is 1.57. The van der Waals surface area contributed by atoms with Crippen molar-refractivity contribution in [2.24, 2.45) is 17.2 Å². The number of aromatic nitrogens is 4. The zero-order valence-electron chi connectivity index (χ0n) is 75.4. The largest absolute Gasteiger partial charge is 0.508 e. The van der Waals surface area contributed by atoms with Crippen molar-refractivity contribution in [2.45, 2.75) is 234 Å². The van der Waals surface area contributed by atoms with Crippen LogP contribution >= 0.6 is 11.8 Å². The lowest BCUT2D eigenvalue weighted by molar-refractivity contribution is -0.149. The van der Waals surface area contributed by atoms with Gasteiger partial charge in [-0.3, -0.25) is 86.3 Å². The highest BCUT2D eigenvalue weighted by atomic mass is 32.2. The van der Waals surface area contributed by atoms with E-state index in [0.29, 0.717) is 70.6 Å². The van der Waals surface area contributed by atoms with E-state index in [0.717, 1.165) is 26.5 Å². The van der Waals surface area contributed by atoms with Crippen molar-refractivity contribution in [3.8, 4) is 5.75 Å². The number of likely N-dealkylation sites (N-methyl/N-ethyl adjacent to an activating group) is 3. The molecule has 720 valence electrons. The number of phenolic OH excluding ortho intramolecular Hbond substituents is 1. The van der Waals surface area contributed by atoms with Crippen LogP contribution in [0.3, 0.4) is 0 Å². The van der Waals surface area contributed by atoms with Crippen molar-refractivity contribution in [1.82, 2.24) is 97.6 Å². The number of aliphatic hydroxyl groups excluding tert-OH is 1. The summed E-state index contributed by atoms with van der Waals surface area (Å²) in [5.74, 6) is -18.8. The van der Waals surface area contributed by atoms with Crippen LogP contribution in [0.4, 0.5) is 0 Å². The summed E-state index contributed by atoms with van der Waals surface area (Å²) in [5.41, 5.74) is 20.3. The molecule has 3 aromatic heterocycles. The Morgan fingerprint density at radius 2 is 1.09 bits per heavy atom. The molecule has 9 rings (SSSR count). The van der Waals surface area contributed by atoms with E-state index < -0.39 is 254 Å². The van der Waals surface area contributed by atoms with Gasteiger partial charge >= 0.3 is 5.97 Å². The van der Waals surface area contributed by atoms with Gasteiger partial charge < -0.3 is 125 Å². The van der Waals surface area contributed by atoms with Crippen LogP contribution in [-0.4, -0.2) is 316 Å². The fraction of sp³-hybridized carbons (Fsp3) is 0.517. The van der Waals surface area contributed by atoms with Crippen molar-refractivity contribution in [3.63, 3.8) is 0 Å². The van der Waals surface area contributed by atoms with Crippen LogP contribution in [0.5, 0.6) is 5.75 Å². The maximum absolute atomic E-state index is 15.8. The maximum atomic E-state index is 15.8. The number of carbonyl (C=O) groups excluding carboxylic acids is 17. The molecule has 0 spiro atoms. The van der Waals surface area contributed by atoms with Crippen molar-refractivity contribution in [1.29, 1.82) is 0 Å². The molecule has 0 bridgehead atoms. The molecule has 6 aromatic rings.